The molecule has 3 rings (SSSR count). The quantitative estimate of drug-likeness (QED) is 0.861. The number of hydrogen-bond acceptors (Lipinski definition) is 4. The summed E-state index contributed by atoms with van der Waals surface area (Å²) in [6, 6.07) is 12.8. The SMILES string of the molecule is O=C1C[C@@H](NCCc2cccs2)C(=O)N1c1ccccc1. The van der Waals surface area contributed by atoms with Crippen molar-refractivity contribution in [2.45, 2.75) is 18.9 Å². The molecule has 0 unspecified atom stereocenters. The van der Waals surface area contributed by atoms with E-state index in [0.717, 1.165) is 6.42 Å². The van der Waals surface area contributed by atoms with Crippen LogP contribution in [0.4, 0.5) is 5.69 Å². The summed E-state index contributed by atoms with van der Waals surface area (Å²) in [5.41, 5.74) is 0.648. The van der Waals surface area contributed by atoms with Gasteiger partial charge in [0.25, 0.3) is 5.91 Å². The van der Waals surface area contributed by atoms with Crippen molar-refractivity contribution in [2.75, 3.05) is 11.4 Å². The molecule has 1 aromatic heterocycles. The zero-order valence-electron chi connectivity index (χ0n) is 11.5. The molecule has 0 radical (unpaired) electrons. The van der Waals surface area contributed by atoms with Gasteiger partial charge in [0.1, 0.15) is 0 Å². The van der Waals surface area contributed by atoms with Gasteiger partial charge in [0, 0.05) is 11.4 Å². The van der Waals surface area contributed by atoms with E-state index in [1.165, 1.54) is 9.78 Å². The van der Waals surface area contributed by atoms with Gasteiger partial charge in [0.2, 0.25) is 5.91 Å². The van der Waals surface area contributed by atoms with Gasteiger partial charge in [-0.2, -0.15) is 0 Å². The van der Waals surface area contributed by atoms with Crippen LogP contribution in [0.3, 0.4) is 0 Å². The minimum absolute atomic E-state index is 0.139. The molecular weight excluding hydrogens is 284 g/mol. The fourth-order valence-corrected chi connectivity index (χ4v) is 3.17. The van der Waals surface area contributed by atoms with Crippen LogP contribution in [0.5, 0.6) is 0 Å². The summed E-state index contributed by atoms with van der Waals surface area (Å²) >= 11 is 1.70. The Bertz CT molecular complexity index is 625. The molecule has 5 heteroatoms. The predicted octanol–water partition coefficient (Wildman–Crippen LogP) is 2.21. The Balaban J connectivity index is 1.61. The van der Waals surface area contributed by atoms with E-state index in [1.54, 1.807) is 23.5 Å². The van der Waals surface area contributed by atoms with Gasteiger partial charge >= 0.3 is 0 Å². The summed E-state index contributed by atoms with van der Waals surface area (Å²) in [4.78, 5) is 27.0. The molecule has 0 saturated carbocycles. The van der Waals surface area contributed by atoms with Crippen molar-refractivity contribution in [3.05, 3.63) is 52.7 Å². The number of nitrogens with zero attached hydrogens (tertiary/aromatic N) is 1. The third-order valence-electron chi connectivity index (χ3n) is 3.50. The Morgan fingerprint density at radius 2 is 1.95 bits per heavy atom. The van der Waals surface area contributed by atoms with Gasteiger partial charge in [-0.15, -0.1) is 11.3 Å². The normalized spacial score (nSPS) is 18.5. The molecule has 1 atom stereocenters. The average molecular weight is 300 g/mol. The van der Waals surface area contributed by atoms with Crippen LogP contribution in [0.1, 0.15) is 11.3 Å². The molecule has 1 aliphatic heterocycles. The first-order chi connectivity index (χ1) is 10.3. The van der Waals surface area contributed by atoms with E-state index < -0.39 is 6.04 Å². The zero-order valence-corrected chi connectivity index (χ0v) is 12.3. The minimum Gasteiger partial charge on any atom is -0.305 e. The third kappa shape index (κ3) is 3.04. The first-order valence-corrected chi connectivity index (χ1v) is 7.81. The molecule has 21 heavy (non-hydrogen) atoms. The van der Waals surface area contributed by atoms with Crippen molar-refractivity contribution in [3.63, 3.8) is 0 Å². The Morgan fingerprint density at radius 1 is 1.14 bits per heavy atom. The van der Waals surface area contributed by atoms with Crippen LogP contribution in [-0.2, 0) is 16.0 Å². The lowest BCUT2D eigenvalue weighted by molar-refractivity contribution is -0.121. The van der Waals surface area contributed by atoms with E-state index >= 15 is 0 Å². The summed E-state index contributed by atoms with van der Waals surface area (Å²) in [6.45, 7) is 0.701. The molecule has 1 saturated heterocycles. The van der Waals surface area contributed by atoms with E-state index in [2.05, 4.69) is 11.4 Å². The second kappa shape index (κ2) is 6.20. The number of amides is 2. The molecule has 1 N–H and O–H groups in total. The Kier molecular flexibility index (Phi) is 4.13. The molecule has 0 spiro atoms. The lowest BCUT2D eigenvalue weighted by Crippen LogP contribution is -2.39. The molecule has 1 fully saturated rings. The molecular formula is C16H16N2O2S. The predicted molar refractivity (Wildman–Crippen MR) is 83.4 cm³/mol. The summed E-state index contributed by atoms with van der Waals surface area (Å²) in [6.07, 6.45) is 1.11. The second-order valence-electron chi connectivity index (χ2n) is 4.94. The maximum atomic E-state index is 12.4. The zero-order chi connectivity index (χ0) is 14.7. The van der Waals surface area contributed by atoms with Gasteiger partial charge in [-0.25, -0.2) is 4.90 Å². The number of carbonyl (C=O) groups excluding carboxylic acids is 2. The van der Waals surface area contributed by atoms with Crippen LogP contribution in [0.25, 0.3) is 0 Å². The fraction of sp³-hybridized carbons (Fsp3) is 0.250. The standard InChI is InChI=1S/C16H16N2O2S/c19-15-11-14(17-9-8-13-7-4-10-21-13)16(20)18(15)12-5-2-1-3-6-12/h1-7,10,14,17H,8-9,11H2/t14-/m1/s1. The van der Waals surface area contributed by atoms with E-state index in [4.69, 9.17) is 0 Å². The average Bonchev–Trinajstić information content (AvgIpc) is 3.09. The van der Waals surface area contributed by atoms with Crippen LogP contribution in [0.2, 0.25) is 0 Å². The van der Waals surface area contributed by atoms with Gasteiger partial charge in [-0.3, -0.25) is 9.59 Å². The number of nitrogens with one attached hydrogen (secondary N) is 1. The van der Waals surface area contributed by atoms with Crippen LogP contribution in [0.15, 0.2) is 47.8 Å². The molecule has 108 valence electrons. The number of hydrogen-bond donors (Lipinski definition) is 1. The number of para-hydroxylation sites is 1. The van der Waals surface area contributed by atoms with Crippen molar-refractivity contribution < 1.29 is 9.59 Å². The summed E-state index contributed by atoms with van der Waals surface area (Å²) in [7, 11) is 0. The van der Waals surface area contributed by atoms with Crippen LogP contribution in [0, 0.1) is 0 Å². The molecule has 2 aromatic rings. The summed E-state index contributed by atoms with van der Waals surface area (Å²) in [5.74, 6) is -0.294. The van der Waals surface area contributed by atoms with E-state index in [1.807, 2.05) is 29.6 Å². The number of thiophene rings is 1. The van der Waals surface area contributed by atoms with Crippen molar-refractivity contribution >= 4 is 28.8 Å². The largest absolute Gasteiger partial charge is 0.305 e. The van der Waals surface area contributed by atoms with Crippen molar-refractivity contribution in [3.8, 4) is 0 Å². The monoisotopic (exact) mass is 300 g/mol. The molecule has 1 aromatic carbocycles. The number of rotatable bonds is 5. The van der Waals surface area contributed by atoms with Crippen LogP contribution < -0.4 is 10.2 Å². The first kappa shape index (κ1) is 14.0. The Morgan fingerprint density at radius 3 is 2.67 bits per heavy atom. The maximum Gasteiger partial charge on any atom is 0.251 e. The number of imide groups is 1. The third-order valence-corrected chi connectivity index (χ3v) is 4.44. The molecule has 2 heterocycles. The van der Waals surface area contributed by atoms with E-state index in [0.29, 0.717) is 12.2 Å². The highest BCUT2D eigenvalue weighted by Crippen LogP contribution is 2.22. The molecule has 2 amide bonds. The van der Waals surface area contributed by atoms with Gasteiger partial charge in [-0.1, -0.05) is 24.3 Å². The van der Waals surface area contributed by atoms with Crippen molar-refractivity contribution in [1.82, 2.24) is 5.32 Å². The van der Waals surface area contributed by atoms with E-state index in [-0.39, 0.29) is 18.2 Å². The van der Waals surface area contributed by atoms with Crippen molar-refractivity contribution in [1.29, 1.82) is 0 Å². The highest BCUT2D eigenvalue weighted by atomic mass is 32.1. The van der Waals surface area contributed by atoms with Gasteiger partial charge in [0.05, 0.1) is 18.2 Å². The Labute approximate surface area is 127 Å². The molecule has 0 bridgehead atoms. The molecule has 0 aliphatic carbocycles. The van der Waals surface area contributed by atoms with Crippen LogP contribution in [-0.4, -0.2) is 24.4 Å². The first-order valence-electron chi connectivity index (χ1n) is 6.93. The molecule has 1 aliphatic rings. The van der Waals surface area contributed by atoms with E-state index in [9.17, 15) is 9.59 Å². The maximum absolute atomic E-state index is 12.4. The second-order valence-corrected chi connectivity index (χ2v) is 5.98. The Hall–Kier alpha value is -1.98. The highest BCUT2D eigenvalue weighted by Gasteiger charge is 2.38. The molecule has 4 nitrogen and oxygen atoms in total. The highest BCUT2D eigenvalue weighted by molar-refractivity contribution is 7.09. The topological polar surface area (TPSA) is 49.4 Å². The number of anilines is 1. The number of carbonyl (C=O) groups is 2. The lowest BCUT2D eigenvalue weighted by atomic mass is 10.2. The fourth-order valence-electron chi connectivity index (χ4n) is 2.46. The number of benzene rings is 1. The van der Waals surface area contributed by atoms with Crippen LogP contribution >= 0.6 is 11.3 Å². The smallest absolute Gasteiger partial charge is 0.251 e. The van der Waals surface area contributed by atoms with Gasteiger partial charge in [-0.05, 0) is 30.0 Å². The van der Waals surface area contributed by atoms with Gasteiger partial charge < -0.3 is 5.32 Å². The van der Waals surface area contributed by atoms with Crippen molar-refractivity contribution in [2.24, 2.45) is 0 Å². The summed E-state index contributed by atoms with van der Waals surface area (Å²) < 4.78 is 0. The lowest BCUT2D eigenvalue weighted by Gasteiger charge is -2.15. The minimum atomic E-state index is -0.405. The van der Waals surface area contributed by atoms with Gasteiger partial charge in [0.15, 0.2) is 0 Å². The summed E-state index contributed by atoms with van der Waals surface area (Å²) in [5, 5.41) is 5.23.